The van der Waals surface area contributed by atoms with E-state index in [0.717, 1.165) is 30.6 Å². The predicted octanol–water partition coefficient (Wildman–Crippen LogP) is 3.31. The molecule has 1 aliphatic carbocycles. The van der Waals surface area contributed by atoms with Crippen LogP contribution in [-0.2, 0) is 11.3 Å². The van der Waals surface area contributed by atoms with Crippen molar-refractivity contribution in [2.75, 3.05) is 32.2 Å². The van der Waals surface area contributed by atoms with Crippen LogP contribution < -0.4 is 10.2 Å². The van der Waals surface area contributed by atoms with Gasteiger partial charge in [0.05, 0.1) is 6.61 Å². The van der Waals surface area contributed by atoms with Crippen LogP contribution in [0.3, 0.4) is 0 Å². The summed E-state index contributed by atoms with van der Waals surface area (Å²) in [5, 5.41) is 4.19. The molecule has 20 heavy (non-hydrogen) atoms. The van der Waals surface area contributed by atoms with Gasteiger partial charge >= 0.3 is 0 Å². The molecule has 2 rings (SSSR count). The number of rotatable bonds is 8. The van der Waals surface area contributed by atoms with Crippen molar-refractivity contribution in [2.45, 2.75) is 32.4 Å². The summed E-state index contributed by atoms with van der Waals surface area (Å²) in [7, 11) is 3.91. The Balaban J connectivity index is 2.05. The molecule has 112 valence electrons. The van der Waals surface area contributed by atoms with Crippen LogP contribution in [-0.4, -0.2) is 33.4 Å². The van der Waals surface area contributed by atoms with Crippen LogP contribution >= 0.6 is 11.6 Å². The number of nitrogens with one attached hydrogen (secondary N) is 1. The summed E-state index contributed by atoms with van der Waals surface area (Å²) >= 11 is 6.15. The number of hydrogen-bond acceptors (Lipinski definition) is 3. The summed E-state index contributed by atoms with van der Waals surface area (Å²) in [4.78, 5) is 2.39. The van der Waals surface area contributed by atoms with E-state index in [1.54, 1.807) is 7.11 Å². The monoisotopic (exact) mass is 296 g/mol. The summed E-state index contributed by atoms with van der Waals surface area (Å²) in [6.07, 6.45) is 2.72. The molecule has 0 radical (unpaired) electrons. The van der Waals surface area contributed by atoms with Gasteiger partial charge in [0, 0.05) is 44.0 Å². The van der Waals surface area contributed by atoms with Gasteiger partial charge in [-0.15, -0.1) is 0 Å². The Kier molecular flexibility index (Phi) is 5.70. The molecule has 0 aliphatic heterocycles. The highest BCUT2D eigenvalue weighted by Crippen LogP contribution is 2.37. The molecule has 0 saturated heterocycles. The number of hydrogen-bond donors (Lipinski definition) is 1. The van der Waals surface area contributed by atoms with Crippen molar-refractivity contribution < 1.29 is 4.74 Å². The molecule has 1 saturated carbocycles. The first kappa shape index (κ1) is 15.6. The summed E-state index contributed by atoms with van der Waals surface area (Å²) in [5.74, 6) is 0.852. The Morgan fingerprint density at radius 1 is 1.45 bits per heavy atom. The zero-order valence-corrected chi connectivity index (χ0v) is 13.4. The van der Waals surface area contributed by atoms with E-state index in [1.165, 1.54) is 24.1 Å². The smallest absolute Gasteiger partial charge is 0.0587 e. The van der Waals surface area contributed by atoms with E-state index in [1.807, 2.05) is 6.07 Å². The van der Waals surface area contributed by atoms with Crippen LogP contribution in [0, 0.1) is 5.92 Å². The molecule has 3 nitrogen and oxygen atoms in total. The highest BCUT2D eigenvalue weighted by molar-refractivity contribution is 6.30. The number of anilines is 1. The number of benzene rings is 1. The number of ether oxygens (including phenoxy) is 1. The Hall–Kier alpha value is -0.770. The first-order valence-electron chi connectivity index (χ1n) is 7.34. The first-order chi connectivity index (χ1) is 9.63. The Morgan fingerprint density at radius 2 is 2.20 bits per heavy atom. The lowest BCUT2D eigenvalue weighted by atomic mass is 10.1. The van der Waals surface area contributed by atoms with Crippen molar-refractivity contribution in [1.82, 2.24) is 5.32 Å². The normalized spacial score (nSPS) is 16.2. The van der Waals surface area contributed by atoms with Gasteiger partial charge in [0.15, 0.2) is 0 Å². The lowest BCUT2D eigenvalue weighted by molar-refractivity contribution is 0.199. The first-order valence-corrected chi connectivity index (χ1v) is 7.72. The van der Waals surface area contributed by atoms with Gasteiger partial charge in [0.25, 0.3) is 0 Å². The Morgan fingerprint density at radius 3 is 2.85 bits per heavy atom. The minimum Gasteiger partial charge on any atom is -0.383 e. The topological polar surface area (TPSA) is 24.5 Å². The van der Waals surface area contributed by atoms with Gasteiger partial charge in [-0.2, -0.15) is 0 Å². The molecule has 1 aromatic carbocycles. The fourth-order valence-electron chi connectivity index (χ4n) is 2.55. The van der Waals surface area contributed by atoms with Crippen molar-refractivity contribution in [1.29, 1.82) is 0 Å². The fourth-order valence-corrected chi connectivity index (χ4v) is 2.75. The Bertz CT molecular complexity index is 434. The Labute approximate surface area is 127 Å². The SMILES string of the molecule is COCCNCc1cc(Cl)ccc1N(C)C(C)C1CC1. The third kappa shape index (κ3) is 4.11. The molecule has 1 fully saturated rings. The molecule has 1 aromatic rings. The third-order valence-corrected chi connectivity index (χ3v) is 4.37. The van der Waals surface area contributed by atoms with Crippen molar-refractivity contribution in [3.63, 3.8) is 0 Å². The van der Waals surface area contributed by atoms with Crippen LogP contribution in [0.4, 0.5) is 5.69 Å². The lowest BCUT2D eigenvalue weighted by Gasteiger charge is -2.29. The van der Waals surface area contributed by atoms with Gasteiger partial charge in [-0.1, -0.05) is 11.6 Å². The van der Waals surface area contributed by atoms with E-state index in [2.05, 4.69) is 36.3 Å². The summed E-state index contributed by atoms with van der Waals surface area (Å²) in [5.41, 5.74) is 2.53. The maximum Gasteiger partial charge on any atom is 0.0587 e. The van der Waals surface area contributed by atoms with Crippen LogP contribution in [0.5, 0.6) is 0 Å². The minimum atomic E-state index is 0.592. The highest BCUT2D eigenvalue weighted by Gasteiger charge is 2.31. The number of methoxy groups -OCH3 is 1. The van der Waals surface area contributed by atoms with Crippen molar-refractivity contribution >= 4 is 17.3 Å². The average Bonchev–Trinajstić information content (AvgIpc) is 3.27. The minimum absolute atomic E-state index is 0.592. The van der Waals surface area contributed by atoms with Gasteiger partial charge in [0.1, 0.15) is 0 Å². The maximum atomic E-state index is 6.15. The molecule has 0 bridgehead atoms. The summed E-state index contributed by atoms with van der Waals surface area (Å²) in [6, 6.07) is 6.77. The molecular formula is C16H25ClN2O. The molecule has 0 heterocycles. The maximum absolute atomic E-state index is 6.15. The summed E-state index contributed by atoms with van der Waals surface area (Å²) < 4.78 is 5.06. The molecular weight excluding hydrogens is 272 g/mol. The van der Waals surface area contributed by atoms with E-state index >= 15 is 0 Å². The third-order valence-electron chi connectivity index (χ3n) is 4.14. The van der Waals surface area contributed by atoms with Crippen LogP contribution in [0.25, 0.3) is 0 Å². The largest absolute Gasteiger partial charge is 0.383 e. The summed E-state index contributed by atoms with van der Waals surface area (Å²) in [6.45, 7) is 4.71. The van der Waals surface area contributed by atoms with Crippen molar-refractivity contribution in [3.8, 4) is 0 Å². The van der Waals surface area contributed by atoms with Gasteiger partial charge in [-0.05, 0) is 49.4 Å². The van der Waals surface area contributed by atoms with E-state index in [0.29, 0.717) is 6.04 Å². The van der Waals surface area contributed by atoms with E-state index in [9.17, 15) is 0 Å². The van der Waals surface area contributed by atoms with Crippen molar-refractivity contribution in [3.05, 3.63) is 28.8 Å². The molecule has 0 amide bonds. The van der Waals surface area contributed by atoms with Gasteiger partial charge in [0.2, 0.25) is 0 Å². The van der Waals surface area contributed by atoms with Crippen LogP contribution in [0.2, 0.25) is 5.02 Å². The second kappa shape index (κ2) is 7.30. The van der Waals surface area contributed by atoms with E-state index < -0.39 is 0 Å². The van der Waals surface area contributed by atoms with Crippen LogP contribution in [0.15, 0.2) is 18.2 Å². The molecule has 0 spiro atoms. The second-order valence-corrected chi connectivity index (χ2v) is 6.07. The number of halogens is 1. The standard InChI is InChI=1S/C16H25ClN2O/c1-12(13-4-5-13)19(2)16-7-6-15(17)10-14(16)11-18-8-9-20-3/h6-7,10,12-13,18H,4-5,8-9,11H2,1-3H3. The molecule has 0 aromatic heterocycles. The second-order valence-electron chi connectivity index (χ2n) is 5.63. The van der Waals surface area contributed by atoms with Gasteiger partial charge in [-0.3, -0.25) is 0 Å². The molecule has 1 atom stereocenters. The van der Waals surface area contributed by atoms with E-state index in [-0.39, 0.29) is 0 Å². The lowest BCUT2D eigenvalue weighted by Crippen LogP contribution is -2.32. The average molecular weight is 297 g/mol. The van der Waals surface area contributed by atoms with Crippen LogP contribution in [0.1, 0.15) is 25.3 Å². The fraction of sp³-hybridized carbons (Fsp3) is 0.625. The zero-order chi connectivity index (χ0) is 14.5. The highest BCUT2D eigenvalue weighted by atomic mass is 35.5. The van der Waals surface area contributed by atoms with Gasteiger partial charge < -0.3 is 15.0 Å². The van der Waals surface area contributed by atoms with Crippen molar-refractivity contribution in [2.24, 2.45) is 5.92 Å². The molecule has 1 unspecified atom stereocenters. The predicted molar refractivity (Wildman–Crippen MR) is 85.6 cm³/mol. The zero-order valence-electron chi connectivity index (χ0n) is 12.7. The molecule has 4 heteroatoms. The molecule has 1 N–H and O–H groups in total. The number of nitrogens with zero attached hydrogens (tertiary/aromatic N) is 1. The molecule has 1 aliphatic rings. The quantitative estimate of drug-likeness (QED) is 0.745. The van der Waals surface area contributed by atoms with Gasteiger partial charge in [-0.25, -0.2) is 0 Å². The van der Waals surface area contributed by atoms with E-state index in [4.69, 9.17) is 16.3 Å².